The maximum absolute atomic E-state index is 4.77. The molecule has 3 aromatic rings. The maximum Gasteiger partial charge on any atom is 0.225 e. The molecule has 2 aromatic carbocycles. The van der Waals surface area contributed by atoms with Crippen LogP contribution < -0.4 is 10.2 Å². The number of aromatic nitrogens is 2. The van der Waals surface area contributed by atoms with Crippen LogP contribution in [-0.2, 0) is 13.0 Å². The predicted octanol–water partition coefficient (Wildman–Crippen LogP) is 4.48. The molecule has 1 N–H and O–H groups in total. The molecule has 0 radical (unpaired) electrons. The molecular weight excluding hydrogens is 308 g/mol. The summed E-state index contributed by atoms with van der Waals surface area (Å²) in [7, 11) is 0. The molecule has 0 saturated carbocycles. The number of aryl methyl sites for hydroxylation is 2. The summed E-state index contributed by atoms with van der Waals surface area (Å²) in [6, 6.07) is 21.0. The lowest BCUT2D eigenvalue weighted by molar-refractivity contribution is 0.758. The number of hydrogen-bond acceptors (Lipinski definition) is 4. The fraction of sp³-hybridized carbons (Fsp3) is 0.238. The van der Waals surface area contributed by atoms with E-state index in [0.717, 1.165) is 37.4 Å². The minimum absolute atomic E-state index is 0.682. The van der Waals surface area contributed by atoms with Gasteiger partial charge in [0.1, 0.15) is 5.82 Å². The monoisotopic (exact) mass is 330 g/mol. The first kappa shape index (κ1) is 15.6. The summed E-state index contributed by atoms with van der Waals surface area (Å²) >= 11 is 0. The minimum Gasteiger partial charge on any atom is -0.350 e. The predicted molar refractivity (Wildman–Crippen MR) is 102 cm³/mol. The van der Waals surface area contributed by atoms with Crippen molar-refractivity contribution in [2.24, 2.45) is 0 Å². The van der Waals surface area contributed by atoms with Gasteiger partial charge in [-0.05, 0) is 37.0 Å². The van der Waals surface area contributed by atoms with Gasteiger partial charge >= 0.3 is 0 Å². The van der Waals surface area contributed by atoms with Gasteiger partial charge in [0.15, 0.2) is 0 Å². The summed E-state index contributed by atoms with van der Waals surface area (Å²) in [6.45, 7) is 3.74. The van der Waals surface area contributed by atoms with E-state index in [0.29, 0.717) is 5.95 Å². The standard InChI is InChI=1S/C21H22N4/c1-16-14-20(25-13-7-11-18-10-5-6-12-19(18)25)24-21(23-16)22-15-17-8-3-2-4-9-17/h2-6,8-10,12,14H,7,11,13,15H2,1H3,(H,22,23,24). The van der Waals surface area contributed by atoms with Gasteiger partial charge in [-0.3, -0.25) is 0 Å². The van der Waals surface area contributed by atoms with Crippen molar-refractivity contribution in [1.82, 2.24) is 9.97 Å². The fourth-order valence-corrected chi connectivity index (χ4v) is 3.32. The van der Waals surface area contributed by atoms with Crippen molar-refractivity contribution in [2.75, 3.05) is 16.8 Å². The zero-order valence-corrected chi connectivity index (χ0v) is 14.4. The Hall–Kier alpha value is -2.88. The van der Waals surface area contributed by atoms with Gasteiger partial charge in [-0.25, -0.2) is 4.98 Å². The molecule has 0 saturated heterocycles. The molecular formula is C21H22N4. The maximum atomic E-state index is 4.77. The normalized spacial score (nSPS) is 13.4. The Morgan fingerprint density at radius 2 is 1.80 bits per heavy atom. The number of benzene rings is 2. The van der Waals surface area contributed by atoms with Crippen LogP contribution in [0.2, 0.25) is 0 Å². The van der Waals surface area contributed by atoms with Crippen LogP contribution in [0.15, 0.2) is 60.7 Å². The number of anilines is 3. The van der Waals surface area contributed by atoms with Crippen molar-refractivity contribution in [2.45, 2.75) is 26.3 Å². The highest BCUT2D eigenvalue weighted by Crippen LogP contribution is 2.32. The lowest BCUT2D eigenvalue weighted by atomic mass is 10.0. The second-order valence-electron chi connectivity index (χ2n) is 6.41. The largest absolute Gasteiger partial charge is 0.350 e. The molecule has 0 fully saturated rings. The quantitative estimate of drug-likeness (QED) is 0.766. The van der Waals surface area contributed by atoms with Crippen LogP contribution in [0.1, 0.15) is 23.2 Å². The first-order valence-electron chi connectivity index (χ1n) is 8.78. The third-order valence-corrected chi connectivity index (χ3v) is 4.52. The van der Waals surface area contributed by atoms with Crippen LogP contribution in [0.3, 0.4) is 0 Å². The molecule has 1 aromatic heterocycles. The number of fused-ring (bicyclic) bond motifs is 1. The van der Waals surface area contributed by atoms with E-state index in [2.05, 4.69) is 57.7 Å². The number of nitrogens with zero attached hydrogens (tertiary/aromatic N) is 3. The zero-order valence-electron chi connectivity index (χ0n) is 14.4. The van der Waals surface area contributed by atoms with Crippen molar-refractivity contribution in [1.29, 1.82) is 0 Å². The van der Waals surface area contributed by atoms with E-state index in [1.54, 1.807) is 0 Å². The third-order valence-electron chi connectivity index (χ3n) is 4.52. The molecule has 0 bridgehead atoms. The topological polar surface area (TPSA) is 41.1 Å². The Morgan fingerprint density at radius 1 is 1.00 bits per heavy atom. The molecule has 4 heteroatoms. The molecule has 1 aliphatic heterocycles. The Balaban J connectivity index is 1.60. The lowest BCUT2D eigenvalue weighted by Crippen LogP contribution is -2.25. The molecule has 25 heavy (non-hydrogen) atoms. The highest BCUT2D eigenvalue weighted by atomic mass is 15.2. The first-order chi connectivity index (χ1) is 12.3. The van der Waals surface area contributed by atoms with Crippen LogP contribution in [0.5, 0.6) is 0 Å². The van der Waals surface area contributed by atoms with Gasteiger partial charge in [0, 0.05) is 30.5 Å². The van der Waals surface area contributed by atoms with E-state index in [-0.39, 0.29) is 0 Å². The summed E-state index contributed by atoms with van der Waals surface area (Å²) in [6.07, 6.45) is 2.28. The van der Waals surface area contributed by atoms with E-state index in [1.165, 1.54) is 16.8 Å². The van der Waals surface area contributed by atoms with Crippen molar-refractivity contribution in [3.05, 3.63) is 77.5 Å². The molecule has 0 atom stereocenters. The van der Waals surface area contributed by atoms with E-state index in [4.69, 9.17) is 4.98 Å². The zero-order chi connectivity index (χ0) is 17.1. The minimum atomic E-state index is 0.682. The Bertz CT molecular complexity index is 861. The first-order valence-corrected chi connectivity index (χ1v) is 8.78. The van der Waals surface area contributed by atoms with Gasteiger partial charge in [-0.1, -0.05) is 48.5 Å². The SMILES string of the molecule is Cc1cc(N2CCCc3ccccc32)nc(NCc2ccccc2)n1. The molecule has 2 heterocycles. The summed E-state index contributed by atoms with van der Waals surface area (Å²) < 4.78 is 0. The number of nitrogens with one attached hydrogen (secondary N) is 1. The van der Waals surface area contributed by atoms with E-state index in [1.807, 2.05) is 25.1 Å². The molecule has 1 aliphatic rings. The number of para-hydroxylation sites is 1. The van der Waals surface area contributed by atoms with Crippen molar-refractivity contribution in [3.63, 3.8) is 0 Å². The highest BCUT2D eigenvalue weighted by molar-refractivity contribution is 5.66. The number of hydrogen-bond donors (Lipinski definition) is 1. The average Bonchev–Trinajstić information content (AvgIpc) is 2.66. The lowest BCUT2D eigenvalue weighted by Gasteiger charge is -2.30. The van der Waals surface area contributed by atoms with Crippen molar-refractivity contribution < 1.29 is 0 Å². The summed E-state index contributed by atoms with van der Waals surface area (Å²) in [5.74, 6) is 1.65. The van der Waals surface area contributed by atoms with Crippen LogP contribution in [0, 0.1) is 6.92 Å². The average molecular weight is 330 g/mol. The molecule has 0 spiro atoms. The van der Waals surface area contributed by atoms with Crippen LogP contribution in [0.4, 0.5) is 17.5 Å². The van der Waals surface area contributed by atoms with E-state index >= 15 is 0 Å². The van der Waals surface area contributed by atoms with Crippen molar-refractivity contribution in [3.8, 4) is 0 Å². The molecule has 4 rings (SSSR count). The van der Waals surface area contributed by atoms with Crippen LogP contribution >= 0.6 is 0 Å². The number of rotatable bonds is 4. The van der Waals surface area contributed by atoms with Gasteiger partial charge in [-0.15, -0.1) is 0 Å². The summed E-state index contributed by atoms with van der Waals surface area (Å²) in [5, 5.41) is 3.36. The van der Waals surface area contributed by atoms with E-state index in [9.17, 15) is 0 Å². The van der Waals surface area contributed by atoms with Crippen LogP contribution in [0.25, 0.3) is 0 Å². The third kappa shape index (κ3) is 3.48. The summed E-state index contributed by atoms with van der Waals surface area (Å²) in [4.78, 5) is 11.6. The smallest absolute Gasteiger partial charge is 0.225 e. The molecule has 0 amide bonds. The van der Waals surface area contributed by atoms with Crippen molar-refractivity contribution >= 4 is 17.5 Å². The second-order valence-corrected chi connectivity index (χ2v) is 6.41. The molecule has 4 nitrogen and oxygen atoms in total. The van der Waals surface area contributed by atoms with Gasteiger partial charge in [-0.2, -0.15) is 4.98 Å². The summed E-state index contributed by atoms with van der Waals surface area (Å²) in [5.41, 5.74) is 4.85. The highest BCUT2D eigenvalue weighted by Gasteiger charge is 2.19. The van der Waals surface area contributed by atoms with Gasteiger partial charge in [0.05, 0.1) is 0 Å². The van der Waals surface area contributed by atoms with Gasteiger partial charge < -0.3 is 10.2 Å². The Kier molecular flexibility index (Phi) is 4.34. The molecule has 0 unspecified atom stereocenters. The Morgan fingerprint density at radius 3 is 2.68 bits per heavy atom. The van der Waals surface area contributed by atoms with Crippen LogP contribution in [-0.4, -0.2) is 16.5 Å². The van der Waals surface area contributed by atoms with E-state index < -0.39 is 0 Å². The fourth-order valence-electron chi connectivity index (χ4n) is 3.32. The molecule has 0 aliphatic carbocycles. The molecule has 126 valence electrons. The van der Waals surface area contributed by atoms with Gasteiger partial charge in [0.2, 0.25) is 5.95 Å². The second kappa shape index (κ2) is 6.93. The van der Waals surface area contributed by atoms with Gasteiger partial charge in [0.25, 0.3) is 0 Å². The Labute approximate surface area is 148 Å².